The van der Waals surface area contributed by atoms with Crippen LogP contribution in [0.1, 0.15) is 58.2 Å². The van der Waals surface area contributed by atoms with Crippen LogP contribution in [0.5, 0.6) is 0 Å². The van der Waals surface area contributed by atoms with Crippen LogP contribution < -0.4 is 5.73 Å². The number of halogens is 1. The minimum absolute atomic E-state index is 0.137. The number of aryl methyl sites for hydroxylation is 1. The average Bonchev–Trinajstić information content (AvgIpc) is 2.79. The van der Waals surface area contributed by atoms with Gasteiger partial charge in [0.25, 0.3) is 0 Å². The van der Waals surface area contributed by atoms with E-state index < -0.39 is 0 Å². The lowest BCUT2D eigenvalue weighted by molar-refractivity contribution is -0.0954. The third kappa shape index (κ3) is 2.95. The Bertz CT molecular complexity index is 444. The van der Waals surface area contributed by atoms with E-state index in [1.807, 2.05) is 10.9 Å². The van der Waals surface area contributed by atoms with Crippen LogP contribution in [0.2, 0.25) is 0 Å². The van der Waals surface area contributed by atoms with E-state index in [1.54, 1.807) is 0 Å². The highest BCUT2D eigenvalue weighted by Crippen LogP contribution is 2.43. The highest BCUT2D eigenvalue weighted by Gasteiger charge is 2.43. The molecule has 1 heterocycles. The van der Waals surface area contributed by atoms with Gasteiger partial charge in [0.1, 0.15) is 0 Å². The lowest BCUT2D eigenvalue weighted by Gasteiger charge is -2.44. The largest absolute Gasteiger partial charge is 0.373 e. The monoisotopic (exact) mass is 343 g/mol. The molecule has 0 aliphatic heterocycles. The fourth-order valence-corrected chi connectivity index (χ4v) is 4.06. The third-order valence-electron chi connectivity index (χ3n) is 4.42. The summed E-state index contributed by atoms with van der Waals surface area (Å²) in [6, 6.07) is -0.137. The van der Waals surface area contributed by atoms with Crippen molar-refractivity contribution < 1.29 is 4.74 Å². The van der Waals surface area contributed by atoms with E-state index in [2.05, 4.69) is 41.8 Å². The van der Waals surface area contributed by atoms with Crippen LogP contribution in [0.3, 0.4) is 0 Å². The van der Waals surface area contributed by atoms with Gasteiger partial charge in [-0.25, -0.2) is 0 Å². The zero-order valence-electron chi connectivity index (χ0n) is 12.7. The number of aromatic nitrogens is 2. The van der Waals surface area contributed by atoms with Crippen molar-refractivity contribution >= 4 is 15.9 Å². The molecule has 0 spiro atoms. The Balaban J connectivity index is 2.35. The number of ether oxygens (including phenoxy) is 1. The first-order valence-corrected chi connectivity index (χ1v) is 8.44. The molecule has 0 aromatic carbocycles. The molecule has 3 unspecified atom stereocenters. The molecule has 20 heavy (non-hydrogen) atoms. The van der Waals surface area contributed by atoms with E-state index in [-0.39, 0.29) is 11.6 Å². The van der Waals surface area contributed by atoms with E-state index in [1.165, 1.54) is 12.8 Å². The molecule has 0 saturated heterocycles. The average molecular weight is 344 g/mol. The van der Waals surface area contributed by atoms with Crippen molar-refractivity contribution in [3.8, 4) is 0 Å². The van der Waals surface area contributed by atoms with Gasteiger partial charge in [-0.3, -0.25) is 4.68 Å². The summed E-state index contributed by atoms with van der Waals surface area (Å²) in [5.41, 5.74) is 7.48. The lowest BCUT2D eigenvalue weighted by atomic mass is 9.74. The SMILES string of the molecule is CCOC1(C(N)c2c(Br)cnn2CC)CCCC(C)C1. The van der Waals surface area contributed by atoms with Gasteiger partial charge in [-0.15, -0.1) is 0 Å². The molecule has 1 aromatic rings. The van der Waals surface area contributed by atoms with Gasteiger partial charge in [-0.05, 0) is 48.5 Å². The summed E-state index contributed by atoms with van der Waals surface area (Å²) in [6.45, 7) is 7.98. The molecule has 1 saturated carbocycles. The predicted molar refractivity (Wildman–Crippen MR) is 84.5 cm³/mol. The molecule has 1 aliphatic rings. The zero-order valence-corrected chi connectivity index (χ0v) is 14.3. The zero-order chi connectivity index (χ0) is 14.8. The molecule has 0 radical (unpaired) electrons. The fraction of sp³-hybridized carbons (Fsp3) is 0.800. The predicted octanol–water partition coefficient (Wildman–Crippen LogP) is 3.65. The smallest absolute Gasteiger partial charge is 0.0892 e. The maximum absolute atomic E-state index is 6.66. The fourth-order valence-electron chi connectivity index (χ4n) is 3.52. The van der Waals surface area contributed by atoms with Crippen LogP contribution in [-0.4, -0.2) is 22.0 Å². The van der Waals surface area contributed by atoms with Gasteiger partial charge in [0, 0.05) is 13.2 Å². The van der Waals surface area contributed by atoms with Gasteiger partial charge in [-0.2, -0.15) is 5.10 Å². The van der Waals surface area contributed by atoms with Crippen LogP contribution in [0.25, 0.3) is 0 Å². The minimum Gasteiger partial charge on any atom is -0.373 e. The van der Waals surface area contributed by atoms with E-state index >= 15 is 0 Å². The maximum Gasteiger partial charge on any atom is 0.0892 e. The normalized spacial score (nSPS) is 28.6. The van der Waals surface area contributed by atoms with Crippen molar-refractivity contribution in [2.24, 2.45) is 11.7 Å². The molecule has 0 bridgehead atoms. The Morgan fingerprint density at radius 3 is 2.95 bits per heavy atom. The van der Waals surface area contributed by atoms with Crippen molar-refractivity contribution in [1.29, 1.82) is 0 Å². The molecule has 3 atom stereocenters. The summed E-state index contributed by atoms with van der Waals surface area (Å²) in [5, 5.41) is 4.39. The molecule has 2 rings (SSSR count). The molecule has 0 amide bonds. The summed E-state index contributed by atoms with van der Waals surface area (Å²) in [5.74, 6) is 0.665. The second kappa shape index (κ2) is 6.58. The molecule has 5 heteroatoms. The second-order valence-electron chi connectivity index (χ2n) is 5.87. The van der Waals surface area contributed by atoms with Crippen LogP contribution >= 0.6 is 15.9 Å². The molecular formula is C15H26BrN3O. The van der Waals surface area contributed by atoms with Gasteiger partial charge in [0.15, 0.2) is 0 Å². The Kier molecular flexibility index (Phi) is 5.26. The highest BCUT2D eigenvalue weighted by molar-refractivity contribution is 9.10. The number of nitrogens with two attached hydrogens (primary N) is 1. The molecule has 2 N–H and O–H groups in total. The maximum atomic E-state index is 6.66. The standard InChI is InChI=1S/C15H26BrN3O/c1-4-19-13(12(16)10-18-19)14(17)15(20-5-2)8-6-7-11(3)9-15/h10-11,14H,4-9,17H2,1-3H3. The summed E-state index contributed by atoms with van der Waals surface area (Å²) in [4.78, 5) is 0. The van der Waals surface area contributed by atoms with E-state index in [0.29, 0.717) is 12.5 Å². The third-order valence-corrected chi connectivity index (χ3v) is 5.03. The van der Waals surface area contributed by atoms with Crippen molar-refractivity contribution in [2.45, 2.75) is 64.6 Å². The summed E-state index contributed by atoms with van der Waals surface area (Å²) in [6.07, 6.45) is 6.37. The van der Waals surface area contributed by atoms with Crippen molar-refractivity contribution in [2.75, 3.05) is 6.61 Å². The molecular weight excluding hydrogens is 318 g/mol. The van der Waals surface area contributed by atoms with Crippen molar-refractivity contribution in [1.82, 2.24) is 9.78 Å². The number of nitrogens with zero attached hydrogens (tertiary/aromatic N) is 2. The minimum atomic E-state index is -0.248. The van der Waals surface area contributed by atoms with Gasteiger partial charge in [0.05, 0.1) is 28.0 Å². The lowest BCUT2D eigenvalue weighted by Crippen LogP contribution is -2.48. The molecule has 4 nitrogen and oxygen atoms in total. The Labute approximate surface area is 130 Å². The van der Waals surface area contributed by atoms with Crippen molar-refractivity contribution in [3.63, 3.8) is 0 Å². The van der Waals surface area contributed by atoms with Gasteiger partial charge in [-0.1, -0.05) is 19.8 Å². The van der Waals surface area contributed by atoms with Gasteiger partial charge >= 0.3 is 0 Å². The quantitative estimate of drug-likeness (QED) is 0.887. The van der Waals surface area contributed by atoms with Crippen LogP contribution in [0.15, 0.2) is 10.7 Å². The summed E-state index contributed by atoms with van der Waals surface area (Å²) in [7, 11) is 0. The van der Waals surface area contributed by atoms with Crippen LogP contribution in [0, 0.1) is 5.92 Å². The summed E-state index contributed by atoms with van der Waals surface area (Å²) < 4.78 is 9.16. The molecule has 1 aromatic heterocycles. The van der Waals surface area contributed by atoms with E-state index in [9.17, 15) is 0 Å². The number of hydrogen-bond acceptors (Lipinski definition) is 3. The number of rotatable bonds is 5. The Morgan fingerprint density at radius 2 is 2.35 bits per heavy atom. The highest BCUT2D eigenvalue weighted by atomic mass is 79.9. The van der Waals surface area contributed by atoms with E-state index in [4.69, 9.17) is 10.5 Å². The topological polar surface area (TPSA) is 53.1 Å². The van der Waals surface area contributed by atoms with Crippen molar-refractivity contribution in [3.05, 3.63) is 16.4 Å². The van der Waals surface area contributed by atoms with Crippen LogP contribution in [0.4, 0.5) is 0 Å². The Morgan fingerprint density at radius 1 is 1.60 bits per heavy atom. The first-order valence-electron chi connectivity index (χ1n) is 7.64. The Hall–Kier alpha value is -0.390. The molecule has 1 fully saturated rings. The van der Waals surface area contributed by atoms with E-state index in [0.717, 1.165) is 29.6 Å². The first kappa shape index (κ1) is 16.0. The van der Waals surface area contributed by atoms with Gasteiger partial charge < -0.3 is 10.5 Å². The van der Waals surface area contributed by atoms with Crippen LogP contribution in [-0.2, 0) is 11.3 Å². The second-order valence-corrected chi connectivity index (χ2v) is 6.72. The number of hydrogen-bond donors (Lipinski definition) is 1. The summed E-state index contributed by atoms with van der Waals surface area (Å²) >= 11 is 3.60. The van der Waals surface area contributed by atoms with Gasteiger partial charge in [0.2, 0.25) is 0 Å². The molecule has 1 aliphatic carbocycles. The first-order chi connectivity index (χ1) is 9.54. The molecule has 114 valence electrons.